The molecule has 6 nitrogen and oxygen atoms in total. The maximum atomic E-state index is 5.41. The van der Waals surface area contributed by atoms with Gasteiger partial charge in [0.15, 0.2) is 5.96 Å². The SMILES string of the molecule is CCOCc1ccc(CNC(=NC)NCCN2CCOCC2)cc1. The van der Waals surface area contributed by atoms with Gasteiger partial charge in [0, 0.05) is 46.4 Å². The second-order valence-corrected chi connectivity index (χ2v) is 5.76. The third-order valence-corrected chi connectivity index (χ3v) is 4.00. The summed E-state index contributed by atoms with van der Waals surface area (Å²) < 4.78 is 10.8. The van der Waals surface area contributed by atoms with E-state index in [1.807, 2.05) is 6.92 Å². The number of ether oxygens (including phenoxy) is 2. The number of aliphatic imine (C=N–C) groups is 1. The first-order chi connectivity index (χ1) is 11.8. The summed E-state index contributed by atoms with van der Waals surface area (Å²) in [5.74, 6) is 0.835. The quantitative estimate of drug-likeness (QED) is 0.553. The first-order valence-electron chi connectivity index (χ1n) is 8.72. The summed E-state index contributed by atoms with van der Waals surface area (Å²) in [4.78, 5) is 6.68. The molecule has 0 aliphatic carbocycles. The van der Waals surface area contributed by atoms with Gasteiger partial charge in [-0.05, 0) is 18.1 Å². The van der Waals surface area contributed by atoms with E-state index in [0.717, 1.165) is 58.5 Å². The number of morpholine rings is 1. The van der Waals surface area contributed by atoms with Crippen molar-refractivity contribution in [1.29, 1.82) is 0 Å². The Labute approximate surface area is 145 Å². The molecule has 134 valence electrons. The summed E-state index contributed by atoms with van der Waals surface area (Å²) in [6.07, 6.45) is 0. The molecule has 0 bridgehead atoms. The Kier molecular flexibility index (Phi) is 8.59. The Morgan fingerprint density at radius 3 is 2.54 bits per heavy atom. The lowest BCUT2D eigenvalue weighted by molar-refractivity contribution is 0.0389. The molecular weight excluding hydrogens is 304 g/mol. The summed E-state index contributed by atoms with van der Waals surface area (Å²) in [6.45, 7) is 9.79. The number of hydrogen-bond acceptors (Lipinski definition) is 4. The highest BCUT2D eigenvalue weighted by Gasteiger charge is 2.09. The van der Waals surface area contributed by atoms with Gasteiger partial charge >= 0.3 is 0 Å². The van der Waals surface area contributed by atoms with E-state index >= 15 is 0 Å². The van der Waals surface area contributed by atoms with Gasteiger partial charge in [-0.2, -0.15) is 0 Å². The minimum absolute atomic E-state index is 0.676. The van der Waals surface area contributed by atoms with Crippen LogP contribution in [0.2, 0.25) is 0 Å². The number of hydrogen-bond donors (Lipinski definition) is 2. The maximum Gasteiger partial charge on any atom is 0.191 e. The molecule has 0 atom stereocenters. The fourth-order valence-electron chi connectivity index (χ4n) is 2.54. The highest BCUT2D eigenvalue weighted by Crippen LogP contribution is 2.05. The molecule has 1 aliphatic heterocycles. The normalized spacial score (nSPS) is 16.2. The van der Waals surface area contributed by atoms with E-state index in [1.165, 1.54) is 11.1 Å². The molecule has 1 aromatic rings. The monoisotopic (exact) mass is 334 g/mol. The largest absolute Gasteiger partial charge is 0.379 e. The Morgan fingerprint density at radius 1 is 1.17 bits per heavy atom. The topological polar surface area (TPSA) is 58.1 Å². The number of nitrogens with one attached hydrogen (secondary N) is 2. The average Bonchev–Trinajstić information content (AvgIpc) is 2.64. The highest BCUT2D eigenvalue weighted by molar-refractivity contribution is 5.79. The van der Waals surface area contributed by atoms with Crippen LogP contribution >= 0.6 is 0 Å². The zero-order chi connectivity index (χ0) is 17.0. The minimum atomic E-state index is 0.676. The summed E-state index contributed by atoms with van der Waals surface area (Å²) in [5.41, 5.74) is 2.43. The van der Waals surface area contributed by atoms with Crippen molar-refractivity contribution in [3.05, 3.63) is 35.4 Å². The molecule has 1 aliphatic rings. The molecule has 2 rings (SSSR count). The Hall–Kier alpha value is -1.63. The van der Waals surface area contributed by atoms with E-state index in [9.17, 15) is 0 Å². The van der Waals surface area contributed by atoms with E-state index in [0.29, 0.717) is 6.61 Å². The molecule has 1 saturated heterocycles. The first-order valence-corrected chi connectivity index (χ1v) is 8.72. The number of benzene rings is 1. The molecule has 6 heteroatoms. The fourth-order valence-corrected chi connectivity index (χ4v) is 2.54. The predicted molar refractivity (Wildman–Crippen MR) is 97.2 cm³/mol. The van der Waals surface area contributed by atoms with Crippen LogP contribution in [-0.4, -0.2) is 63.9 Å². The van der Waals surface area contributed by atoms with Crippen LogP contribution in [0.5, 0.6) is 0 Å². The average molecular weight is 334 g/mol. The lowest BCUT2D eigenvalue weighted by Crippen LogP contribution is -2.44. The predicted octanol–water partition coefficient (Wildman–Crippen LogP) is 1.22. The molecule has 1 aromatic carbocycles. The van der Waals surface area contributed by atoms with Gasteiger partial charge in [-0.3, -0.25) is 9.89 Å². The van der Waals surface area contributed by atoms with Gasteiger partial charge in [-0.15, -0.1) is 0 Å². The lowest BCUT2D eigenvalue weighted by atomic mass is 10.1. The molecule has 0 spiro atoms. The van der Waals surface area contributed by atoms with Crippen molar-refractivity contribution in [2.75, 3.05) is 53.0 Å². The van der Waals surface area contributed by atoms with Crippen LogP contribution in [0.4, 0.5) is 0 Å². The molecule has 0 radical (unpaired) electrons. The van der Waals surface area contributed by atoms with Gasteiger partial charge in [0.2, 0.25) is 0 Å². The molecule has 24 heavy (non-hydrogen) atoms. The van der Waals surface area contributed by atoms with Gasteiger partial charge in [-0.25, -0.2) is 0 Å². The Balaban J connectivity index is 1.67. The summed E-state index contributed by atoms with van der Waals surface area (Å²) in [6, 6.07) is 8.48. The second kappa shape index (κ2) is 11.0. The van der Waals surface area contributed by atoms with Gasteiger partial charge < -0.3 is 20.1 Å². The molecule has 1 heterocycles. The van der Waals surface area contributed by atoms with E-state index in [4.69, 9.17) is 9.47 Å². The maximum absolute atomic E-state index is 5.41. The van der Waals surface area contributed by atoms with Crippen LogP contribution in [0.15, 0.2) is 29.3 Å². The molecule has 2 N–H and O–H groups in total. The fraction of sp³-hybridized carbons (Fsp3) is 0.611. The van der Waals surface area contributed by atoms with Gasteiger partial charge in [-0.1, -0.05) is 24.3 Å². The summed E-state index contributed by atoms with van der Waals surface area (Å²) in [5, 5.41) is 6.71. The van der Waals surface area contributed by atoms with Crippen molar-refractivity contribution in [2.24, 2.45) is 4.99 Å². The molecule has 0 aromatic heterocycles. The van der Waals surface area contributed by atoms with Crippen LogP contribution in [-0.2, 0) is 22.6 Å². The number of guanidine groups is 1. The van der Waals surface area contributed by atoms with Gasteiger partial charge in [0.1, 0.15) is 0 Å². The van der Waals surface area contributed by atoms with Crippen molar-refractivity contribution >= 4 is 5.96 Å². The molecule has 1 fully saturated rings. The molecular formula is C18H30N4O2. The zero-order valence-corrected chi connectivity index (χ0v) is 14.9. The zero-order valence-electron chi connectivity index (χ0n) is 14.9. The van der Waals surface area contributed by atoms with E-state index in [1.54, 1.807) is 7.05 Å². The van der Waals surface area contributed by atoms with Gasteiger partial charge in [0.25, 0.3) is 0 Å². The van der Waals surface area contributed by atoms with E-state index in [-0.39, 0.29) is 0 Å². The van der Waals surface area contributed by atoms with Crippen LogP contribution in [0, 0.1) is 0 Å². The second-order valence-electron chi connectivity index (χ2n) is 5.76. The van der Waals surface area contributed by atoms with Crippen molar-refractivity contribution < 1.29 is 9.47 Å². The molecule has 0 amide bonds. The van der Waals surface area contributed by atoms with Gasteiger partial charge in [0.05, 0.1) is 19.8 Å². The summed E-state index contributed by atoms with van der Waals surface area (Å²) in [7, 11) is 1.80. The third-order valence-electron chi connectivity index (χ3n) is 4.00. The first kappa shape index (κ1) is 18.7. The van der Waals surface area contributed by atoms with Crippen LogP contribution in [0.25, 0.3) is 0 Å². The van der Waals surface area contributed by atoms with Crippen molar-refractivity contribution in [1.82, 2.24) is 15.5 Å². The third kappa shape index (κ3) is 6.86. The standard InChI is InChI=1S/C18H30N4O2/c1-3-23-15-17-6-4-16(5-7-17)14-21-18(19-2)20-8-9-22-10-12-24-13-11-22/h4-7H,3,8-15H2,1-2H3,(H2,19,20,21). The summed E-state index contributed by atoms with van der Waals surface area (Å²) >= 11 is 0. The Bertz CT molecular complexity index is 484. The molecule has 0 saturated carbocycles. The Morgan fingerprint density at radius 2 is 1.88 bits per heavy atom. The van der Waals surface area contributed by atoms with Crippen molar-refractivity contribution in [2.45, 2.75) is 20.1 Å². The van der Waals surface area contributed by atoms with Crippen LogP contribution in [0.1, 0.15) is 18.1 Å². The lowest BCUT2D eigenvalue weighted by Gasteiger charge is -2.26. The smallest absolute Gasteiger partial charge is 0.191 e. The van der Waals surface area contributed by atoms with Crippen molar-refractivity contribution in [3.63, 3.8) is 0 Å². The number of nitrogens with zero attached hydrogens (tertiary/aromatic N) is 2. The highest BCUT2D eigenvalue weighted by atomic mass is 16.5. The van der Waals surface area contributed by atoms with E-state index in [2.05, 4.69) is 44.8 Å². The minimum Gasteiger partial charge on any atom is -0.379 e. The molecule has 0 unspecified atom stereocenters. The van der Waals surface area contributed by atoms with Crippen LogP contribution < -0.4 is 10.6 Å². The van der Waals surface area contributed by atoms with E-state index < -0.39 is 0 Å². The number of rotatable bonds is 8. The van der Waals surface area contributed by atoms with Crippen molar-refractivity contribution in [3.8, 4) is 0 Å². The van der Waals surface area contributed by atoms with Crippen LogP contribution in [0.3, 0.4) is 0 Å².